The first-order valence-electron chi connectivity index (χ1n) is 12.5. The molecule has 180 valence electrons. The Hall–Kier alpha value is -1.89. The van der Waals surface area contributed by atoms with Gasteiger partial charge in [0.05, 0.1) is 12.6 Å². The third-order valence-electron chi connectivity index (χ3n) is 6.99. The smallest absolute Gasteiger partial charge is 0.224 e. The summed E-state index contributed by atoms with van der Waals surface area (Å²) in [6, 6.07) is 12.6. The molecule has 2 aromatic rings. The maximum absolute atomic E-state index is 13.1. The molecule has 1 saturated heterocycles. The van der Waals surface area contributed by atoms with E-state index in [1.54, 1.807) is 11.3 Å². The van der Waals surface area contributed by atoms with E-state index in [0.717, 1.165) is 57.1 Å². The van der Waals surface area contributed by atoms with Crippen LogP contribution in [0.5, 0.6) is 5.75 Å². The number of rotatable bonds is 11. The Labute approximate surface area is 203 Å². The summed E-state index contributed by atoms with van der Waals surface area (Å²) in [6.45, 7) is 10.3. The molecule has 1 unspecified atom stereocenters. The standard InChI is InChI=1S/C27H39N3O2S/c1-4-6-20(2)19-32-22-10-8-21(9-11-22)25(18-30-14-12-29(3)13-15-30)28-27(31)24-17-23(24)26-7-5-16-33-26/h5,7-11,16,20,23-25H,4,6,12-15,17-19H2,1-3H3,(H,28,31)/t20-,23+,24+,25?/m1/s1. The first-order chi connectivity index (χ1) is 16.0. The van der Waals surface area contributed by atoms with Crippen molar-refractivity contribution < 1.29 is 9.53 Å². The van der Waals surface area contributed by atoms with E-state index in [1.807, 2.05) is 0 Å². The van der Waals surface area contributed by atoms with Gasteiger partial charge in [-0.25, -0.2) is 0 Å². The number of nitrogens with zero attached hydrogens (tertiary/aromatic N) is 2. The fraction of sp³-hybridized carbons (Fsp3) is 0.593. The lowest BCUT2D eigenvalue weighted by Gasteiger charge is -2.35. The van der Waals surface area contributed by atoms with Crippen LogP contribution in [-0.4, -0.2) is 62.1 Å². The number of piperazine rings is 1. The number of amides is 1. The van der Waals surface area contributed by atoms with E-state index >= 15 is 0 Å². The van der Waals surface area contributed by atoms with Gasteiger partial charge in [0.25, 0.3) is 0 Å². The second-order valence-corrected chi connectivity index (χ2v) is 10.9. The van der Waals surface area contributed by atoms with Crippen LogP contribution in [-0.2, 0) is 4.79 Å². The molecule has 0 bridgehead atoms. The molecular weight excluding hydrogens is 430 g/mol. The number of thiophene rings is 1. The number of hydrogen-bond acceptors (Lipinski definition) is 5. The fourth-order valence-corrected chi connectivity index (χ4v) is 5.62. The molecule has 33 heavy (non-hydrogen) atoms. The van der Waals surface area contributed by atoms with Crippen molar-refractivity contribution in [2.75, 3.05) is 46.4 Å². The Morgan fingerprint density at radius 3 is 2.61 bits per heavy atom. The van der Waals surface area contributed by atoms with Crippen LogP contribution in [0.1, 0.15) is 55.5 Å². The summed E-state index contributed by atoms with van der Waals surface area (Å²) < 4.78 is 6.00. The van der Waals surface area contributed by atoms with Gasteiger partial charge in [0.15, 0.2) is 0 Å². The van der Waals surface area contributed by atoms with Gasteiger partial charge < -0.3 is 15.0 Å². The highest BCUT2D eigenvalue weighted by molar-refractivity contribution is 7.10. The van der Waals surface area contributed by atoms with Crippen LogP contribution in [0, 0.1) is 11.8 Å². The van der Waals surface area contributed by atoms with Crippen LogP contribution in [0.15, 0.2) is 41.8 Å². The Balaban J connectivity index is 1.39. The average molecular weight is 470 g/mol. The predicted octanol–water partition coefficient (Wildman–Crippen LogP) is 4.77. The van der Waals surface area contributed by atoms with E-state index in [2.05, 4.69) is 77.8 Å². The SMILES string of the molecule is CCC[C@@H](C)COc1ccc(C(CN2CCN(C)CC2)NC(=O)[C@H]2C[C@@H]2c2cccs2)cc1. The van der Waals surface area contributed by atoms with E-state index in [0.29, 0.717) is 11.8 Å². The second-order valence-electron chi connectivity index (χ2n) is 9.90. The van der Waals surface area contributed by atoms with Crippen molar-refractivity contribution in [1.29, 1.82) is 0 Å². The Morgan fingerprint density at radius 1 is 1.18 bits per heavy atom. The summed E-state index contributed by atoms with van der Waals surface area (Å²) >= 11 is 1.76. The van der Waals surface area contributed by atoms with Crippen molar-refractivity contribution in [2.24, 2.45) is 11.8 Å². The highest BCUT2D eigenvalue weighted by Gasteiger charge is 2.45. The summed E-state index contributed by atoms with van der Waals surface area (Å²) in [5.41, 5.74) is 1.16. The molecule has 1 saturated carbocycles. The maximum atomic E-state index is 13.1. The largest absolute Gasteiger partial charge is 0.493 e. The lowest BCUT2D eigenvalue weighted by molar-refractivity contribution is -0.123. The zero-order valence-electron chi connectivity index (χ0n) is 20.3. The quantitative estimate of drug-likeness (QED) is 0.515. The van der Waals surface area contributed by atoms with Crippen LogP contribution < -0.4 is 10.1 Å². The molecular formula is C27H39N3O2S. The number of ether oxygens (including phenoxy) is 1. The molecule has 1 aromatic heterocycles. The molecule has 1 N–H and O–H groups in total. The van der Waals surface area contributed by atoms with Crippen LogP contribution >= 0.6 is 11.3 Å². The molecule has 6 heteroatoms. The van der Waals surface area contributed by atoms with Crippen LogP contribution in [0.2, 0.25) is 0 Å². The number of hydrogen-bond donors (Lipinski definition) is 1. The molecule has 1 aliphatic heterocycles. The first kappa shape index (κ1) is 24.2. The molecule has 1 aromatic carbocycles. The van der Waals surface area contributed by atoms with Crippen molar-refractivity contribution in [1.82, 2.24) is 15.1 Å². The van der Waals surface area contributed by atoms with Crippen molar-refractivity contribution in [3.05, 3.63) is 52.2 Å². The number of likely N-dealkylation sites (N-methyl/N-ethyl adjacent to an activating group) is 1. The van der Waals surface area contributed by atoms with Gasteiger partial charge in [0.1, 0.15) is 5.75 Å². The molecule has 1 aliphatic carbocycles. The van der Waals surface area contributed by atoms with Gasteiger partial charge in [-0.1, -0.05) is 38.5 Å². The number of carbonyl (C=O) groups excluding carboxylic acids is 1. The van der Waals surface area contributed by atoms with Gasteiger partial charge in [-0.2, -0.15) is 0 Å². The average Bonchev–Trinajstić information content (AvgIpc) is 3.44. The summed E-state index contributed by atoms with van der Waals surface area (Å²) in [5.74, 6) is 2.18. The van der Waals surface area contributed by atoms with Crippen LogP contribution in [0.3, 0.4) is 0 Å². The van der Waals surface area contributed by atoms with E-state index in [-0.39, 0.29) is 17.9 Å². The highest BCUT2D eigenvalue weighted by Crippen LogP contribution is 2.49. The van der Waals surface area contributed by atoms with E-state index in [4.69, 9.17) is 4.74 Å². The van der Waals surface area contributed by atoms with Crippen molar-refractivity contribution in [2.45, 2.75) is 45.1 Å². The minimum absolute atomic E-state index is 0.00134. The van der Waals surface area contributed by atoms with E-state index in [1.165, 1.54) is 17.7 Å². The highest BCUT2D eigenvalue weighted by atomic mass is 32.1. The third-order valence-corrected chi connectivity index (χ3v) is 7.99. The zero-order chi connectivity index (χ0) is 23.2. The zero-order valence-corrected chi connectivity index (χ0v) is 21.2. The van der Waals surface area contributed by atoms with Gasteiger partial charge in [-0.05, 0) is 54.9 Å². The van der Waals surface area contributed by atoms with Gasteiger partial charge >= 0.3 is 0 Å². The number of benzene rings is 1. The third kappa shape index (κ3) is 6.81. The Bertz CT molecular complexity index is 862. The predicted molar refractivity (Wildman–Crippen MR) is 136 cm³/mol. The first-order valence-corrected chi connectivity index (χ1v) is 13.4. The molecule has 0 radical (unpaired) electrons. The van der Waals surface area contributed by atoms with E-state index < -0.39 is 0 Å². The summed E-state index contributed by atoms with van der Waals surface area (Å²) in [6.07, 6.45) is 3.34. The summed E-state index contributed by atoms with van der Waals surface area (Å²) in [5, 5.41) is 5.50. The minimum Gasteiger partial charge on any atom is -0.493 e. The van der Waals surface area contributed by atoms with Crippen molar-refractivity contribution in [3.63, 3.8) is 0 Å². The van der Waals surface area contributed by atoms with Crippen molar-refractivity contribution >= 4 is 17.2 Å². The Kier molecular flexibility index (Phi) is 8.45. The van der Waals surface area contributed by atoms with Crippen LogP contribution in [0.25, 0.3) is 0 Å². The van der Waals surface area contributed by atoms with Gasteiger partial charge in [0.2, 0.25) is 5.91 Å². The molecule has 4 atom stereocenters. The molecule has 0 spiro atoms. The molecule has 2 aliphatic rings. The molecule has 4 rings (SSSR count). The lowest BCUT2D eigenvalue weighted by Crippen LogP contribution is -2.48. The normalized spacial score (nSPS) is 23.1. The van der Waals surface area contributed by atoms with Gasteiger partial charge in [-0.15, -0.1) is 11.3 Å². The maximum Gasteiger partial charge on any atom is 0.224 e. The molecule has 1 amide bonds. The summed E-state index contributed by atoms with van der Waals surface area (Å²) in [7, 11) is 2.18. The number of carbonyl (C=O) groups is 1. The Morgan fingerprint density at radius 2 is 1.94 bits per heavy atom. The second kappa shape index (κ2) is 11.5. The topological polar surface area (TPSA) is 44.8 Å². The monoisotopic (exact) mass is 469 g/mol. The van der Waals surface area contributed by atoms with Gasteiger partial charge in [-0.3, -0.25) is 9.69 Å². The lowest BCUT2D eigenvalue weighted by atomic mass is 10.0. The minimum atomic E-state index is -0.00134. The summed E-state index contributed by atoms with van der Waals surface area (Å²) in [4.78, 5) is 19.3. The van der Waals surface area contributed by atoms with E-state index in [9.17, 15) is 4.79 Å². The fourth-order valence-electron chi connectivity index (χ4n) is 4.71. The molecule has 2 fully saturated rings. The molecule has 5 nitrogen and oxygen atoms in total. The van der Waals surface area contributed by atoms with Crippen molar-refractivity contribution in [3.8, 4) is 5.75 Å². The number of nitrogens with one attached hydrogen (secondary N) is 1. The van der Waals surface area contributed by atoms with Crippen LogP contribution in [0.4, 0.5) is 0 Å². The van der Waals surface area contributed by atoms with Gasteiger partial charge in [0, 0.05) is 49.4 Å². The molecule has 2 heterocycles.